The van der Waals surface area contributed by atoms with E-state index in [2.05, 4.69) is 9.88 Å². The molecule has 0 aliphatic carbocycles. The van der Waals surface area contributed by atoms with Gasteiger partial charge in [0.25, 0.3) is 0 Å². The average molecular weight is 236 g/mol. The van der Waals surface area contributed by atoms with Gasteiger partial charge in [0.05, 0.1) is 6.61 Å². The lowest BCUT2D eigenvalue weighted by Gasteiger charge is -2.11. The van der Waals surface area contributed by atoms with Crippen molar-refractivity contribution in [3.63, 3.8) is 0 Å². The van der Waals surface area contributed by atoms with Gasteiger partial charge in [0.2, 0.25) is 5.88 Å². The average Bonchev–Trinajstić information content (AvgIpc) is 2.23. The first-order valence-corrected chi connectivity index (χ1v) is 5.59. The third-order valence-corrected chi connectivity index (χ3v) is 2.24. The molecule has 94 valence electrons. The van der Waals surface area contributed by atoms with Gasteiger partial charge < -0.3 is 15.4 Å². The van der Waals surface area contributed by atoms with Gasteiger partial charge >= 0.3 is 0 Å². The van der Waals surface area contributed by atoms with E-state index in [0.717, 1.165) is 18.7 Å². The number of nitrogens with zero attached hydrogens (tertiary/aromatic N) is 2. The van der Waals surface area contributed by atoms with Crippen LogP contribution in [0.25, 0.3) is 0 Å². The normalized spacial score (nSPS) is 10.6. The number of nitrogen functional groups attached to an aromatic ring is 1. The molecule has 5 heteroatoms. The molecular formula is C12H20N4O. The number of pyridine rings is 1. The number of hydrogen-bond donors (Lipinski definition) is 2. The van der Waals surface area contributed by atoms with Crippen LogP contribution >= 0.6 is 0 Å². The number of ether oxygens (including phenoxy) is 1. The summed E-state index contributed by atoms with van der Waals surface area (Å²) in [6.07, 6.45) is 0.942. The second-order valence-electron chi connectivity index (χ2n) is 4.25. The highest BCUT2D eigenvalue weighted by molar-refractivity contribution is 5.95. The smallest absolute Gasteiger partial charge is 0.214 e. The van der Waals surface area contributed by atoms with Gasteiger partial charge in [-0.05, 0) is 33.5 Å². The SMILES string of the molecule is Cc1cc(C(=N)N)cc(OCCCN(C)C)n1. The summed E-state index contributed by atoms with van der Waals surface area (Å²) in [7, 11) is 4.05. The molecule has 1 rings (SSSR count). The van der Waals surface area contributed by atoms with Gasteiger partial charge in [0.1, 0.15) is 5.84 Å². The van der Waals surface area contributed by atoms with Crippen LogP contribution in [0, 0.1) is 12.3 Å². The lowest BCUT2D eigenvalue weighted by Crippen LogP contribution is -2.16. The first-order chi connectivity index (χ1) is 7.99. The predicted molar refractivity (Wildman–Crippen MR) is 68.7 cm³/mol. The Morgan fingerprint density at radius 1 is 1.47 bits per heavy atom. The highest BCUT2D eigenvalue weighted by Crippen LogP contribution is 2.12. The molecule has 0 fully saturated rings. The number of hydrogen-bond acceptors (Lipinski definition) is 4. The monoisotopic (exact) mass is 236 g/mol. The quantitative estimate of drug-likeness (QED) is 0.439. The van der Waals surface area contributed by atoms with E-state index in [9.17, 15) is 0 Å². The molecule has 0 aliphatic heterocycles. The van der Waals surface area contributed by atoms with Crippen molar-refractivity contribution >= 4 is 5.84 Å². The zero-order chi connectivity index (χ0) is 12.8. The van der Waals surface area contributed by atoms with Crippen LogP contribution < -0.4 is 10.5 Å². The van der Waals surface area contributed by atoms with Crippen LogP contribution in [0.1, 0.15) is 17.7 Å². The molecule has 0 saturated carbocycles. The molecule has 5 nitrogen and oxygen atoms in total. The highest BCUT2D eigenvalue weighted by Gasteiger charge is 2.03. The maximum atomic E-state index is 7.39. The summed E-state index contributed by atoms with van der Waals surface area (Å²) < 4.78 is 5.54. The van der Waals surface area contributed by atoms with Crippen LogP contribution in [-0.4, -0.2) is 43.0 Å². The Labute approximate surface area is 102 Å². The van der Waals surface area contributed by atoms with Crippen LogP contribution in [0.4, 0.5) is 0 Å². The Morgan fingerprint density at radius 3 is 2.76 bits per heavy atom. The first-order valence-electron chi connectivity index (χ1n) is 5.59. The molecular weight excluding hydrogens is 216 g/mol. The number of aryl methyl sites for hydroxylation is 1. The van der Waals surface area contributed by atoms with E-state index < -0.39 is 0 Å². The van der Waals surface area contributed by atoms with E-state index in [-0.39, 0.29) is 5.84 Å². The minimum absolute atomic E-state index is 0.0358. The summed E-state index contributed by atoms with van der Waals surface area (Å²) in [5, 5.41) is 7.39. The summed E-state index contributed by atoms with van der Waals surface area (Å²) in [6.45, 7) is 3.45. The molecule has 0 amide bonds. The Morgan fingerprint density at radius 2 is 2.18 bits per heavy atom. The lowest BCUT2D eigenvalue weighted by molar-refractivity contribution is 0.273. The predicted octanol–water partition coefficient (Wildman–Crippen LogP) is 1.00. The van der Waals surface area contributed by atoms with E-state index in [1.54, 1.807) is 12.1 Å². The minimum Gasteiger partial charge on any atom is -0.478 e. The highest BCUT2D eigenvalue weighted by atomic mass is 16.5. The molecule has 0 spiro atoms. The van der Waals surface area contributed by atoms with Gasteiger partial charge in [0.15, 0.2) is 0 Å². The van der Waals surface area contributed by atoms with Gasteiger partial charge in [0, 0.05) is 23.9 Å². The maximum absolute atomic E-state index is 7.39. The third kappa shape index (κ3) is 4.82. The second kappa shape index (κ2) is 6.20. The molecule has 0 unspecified atom stereocenters. The van der Waals surface area contributed by atoms with Crippen molar-refractivity contribution in [3.05, 3.63) is 23.4 Å². The fraction of sp³-hybridized carbons (Fsp3) is 0.500. The molecule has 1 heterocycles. The minimum atomic E-state index is 0.0358. The molecule has 0 aromatic carbocycles. The van der Waals surface area contributed by atoms with Crippen LogP contribution in [0.2, 0.25) is 0 Å². The summed E-state index contributed by atoms with van der Waals surface area (Å²) in [5.74, 6) is 0.572. The number of aromatic nitrogens is 1. The number of nitrogens with two attached hydrogens (primary N) is 1. The summed E-state index contributed by atoms with van der Waals surface area (Å²) in [4.78, 5) is 6.35. The zero-order valence-electron chi connectivity index (χ0n) is 10.7. The zero-order valence-corrected chi connectivity index (χ0v) is 10.7. The molecule has 0 saturated heterocycles. The van der Waals surface area contributed by atoms with E-state index in [4.69, 9.17) is 15.9 Å². The molecule has 3 N–H and O–H groups in total. The van der Waals surface area contributed by atoms with Gasteiger partial charge in [-0.1, -0.05) is 0 Å². The van der Waals surface area contributed by atoms with Crippen molar-refractivity contribution in [2.45, 2.75) is 13.3 Å². The Balaban J connectivity index is 2.56. The number of amidine groups is 1. The van der Waals surface area contributed by atoms with Gasteiger partial charge in [-0.25, -0.2) is 4.98 Å². The first kappa shape index (κ1) is 13.4. The topological polar surface area (TPSA) is 75.2 Å². The van der Waals surface area contributed by atoms with Gasteiger partial charge in [-0.15, -0.1) is 0 Å². The van der Waals surface area contributed by atoms with Gasteiger partial charge in [-0.2, -0.15) is 0 Å². The molecule has 1 aromatic heterocycles. The summed E-state index contributed by atoms with van der Waals surface area (Å²) in [5.41, 5.74) is 6.90. The Hall–Kier alpha value is -1.62. The maximum Gasteiger partial charge on any atom is 0.214 e. The van der Waals surface area contributed by atoms with Crippen molar-refractivity contribution in [1.29, 1.82) is 5.41 Å². The van der Waals surface area contributed by atoms with Gasteiger partial charge in [-0.3, -0.25) is 5.41 Å². The van der Waals surface area contributed by atoms with Crippen LogP contribution in [0.15, 0.2) is 12.1 Å². The van der Waals surface area contributed by atoms with Crippen molar-refractivity contribution in [3.8, 4) is 5.88 Å². The molecule has 0 atom stereocenters. The van der Waals surface area contributed by atoms with E-state index in [1.165, 1.54) is 0 Å². The molecule has 17 heavy (non-hydrogen) atoms. The Bertz CT molecular complexity index is 390. The fourth-order valence-corrected chi connectivity index (χ4v) is 1.43. The van der Waals surface area contributed by atoms with E-state index in [1.807, 2.05) is 21.0 Å². The number of nitrogens with one attached hydrogen (secondary N) is 1. The van der Waals surface area contributed by atoms with Crippen LogP contribution in [-0.2, 0) is 0 Å². The largest absolute Gasteiger partial charge is 0.478 e. The molecule has 1 aromatic rings. The van der Waals surface area contributed by atoms with E-state index in [0.29, 0.717) is 18.1 Å². The lowest BCUT2D eigenvalue weighted by atomic mass is 10.2. The van der Waals surface area contributed by atoms with Crippen molar-refractivity contribution < 1.29 is 4.74 Å². The van der Waals surface area contributed by atoms with Crippen molar-refractivity contribution in [2.75, 3.05) is 27.2 Å². The second-order valence-corrected chi connectivity index (χ2v) is 4.25. The van der Waals surface area contributed by atoms with E-state index >= 15 is 0 Å². The third-order valence-electron chi connectivity index (χ3n) is 2.24. The van der Waals surface area contributed by atoms with Crippen molar-refractivity contribution in [2.24, 2.45) is 5.73 Å². The summed E-state index contributed by atoms with van der Waals surface area (Å²) >= 11 is 0. The van der Waals surface area contributed by atoms with Crippen molar-refractivity contribution in [1.82, 2.24) is 9.88 Å². The standard InChI is InChI=1S/C12H20N4O/c1-9-7-10(12(13)14)8-11(15-9)17-6-4-5-16(2)3/h7-8H,4-6H2,1-3H3,(H3,13,14). The molecule has 0 bridgehead atoms. The fourth-order valence-electron chi connectivity index (χ4n) is 1.43. The molecule has 0 aliphatic rings. The number of rotatable bonds is 6. The Kier molecular flexibility index (Phi) is 4.90. The van der Waals surface area contributed by atoms with Crippen LogP contribution in [0.5, 0.6) is 5.88 Å². The molecule has 0 radical (unpaired) electrons. The van der Waals surface area contributed by atoms with Crippen LogP contribution in [0.3, 0.4) is 0 Å². The summed E-state index contributed by atoms with van der Waals surface area (Å²) in [6, 6.07) is 3.47.